The molecule has 2 nitrogen and oxygen atoms in total. The van der Waals surface area contributed by atoms with E-state index in [4.69, 9.17) is 9.16 Å². The number of hydrogen-bond acceptors (Lipinski definition) is 2. The van der Waals surface area contributed by atoms with Crippen molar-refractivity contribution in [3.63, 3.8) is 0 Å². The highest BCUT2D eigenvalue weighted by Crippen LogP contribution is 2.28. The molecule has 1 unspecified atom stereocenters. The lowest BCUT2D eigenvalue weighted by Crippen LogP contribution is -2.35. The predicted molar refractivity (Wildman–Crippen MR) is 89.4 cm³/mol. The lowest BCUT2D eigenvalue weighted by Gasteiger charge is -2.31. The summed E-state index contributed by atoms with van der Waals surface area (Å²) in [4.78, 5) is 0. The molecule has 1 rings (SSSR count). The number of hydrogen-bond donors (Lipinski definition) is 0. The Morgan fingerprint density at radius 1 is 1.25 bits per heavy atom. The van der Waals surface area contributed by atoms with Crippen molar-refractivity contribution in [2.24, 2.45) is 0 Å². The summed E-state index contributed by atoms with van der Waals surface area (Å²) in [5.41, 5.74) is 0. The summed E-state index contributed by atoms with van der Waals surface area (Å²) in [6.07, 6.45) is 10.2. The number of ether oxygens (including phenoxy) is 1. The van der Waals surface area contributed by atoms with Gasteiger partial charge in [-0.25, -0.2) is 0 Å². The van der Waals surface area contributed by atoms with E-state index in [1.165, 1.54) is 30.3 Å². The summed E-state index contributed by atoms with van der Waals surface area (Å²) in [6.45, 7) is 11.3. The van der Waals surface area contributed by atoms with Crippen LogP contribution in [0.15, 0.2) is 24.5 Å². The van der Waals surface area contributed by atoms with Crippen molar-refractivity contribution in [1.82, 2.24) is 0 Å². The third kappa shape index (κ3) is 5.45. The minimum absolute atomic E-state index is 0.399. The van der Waals surface area contributed by atoms with Crippen molar-refractivity contribution in [3.05, 3.63) is 24.5 Å². The quantitative estimate of drug-likeness (QED) is 0.439. The van der Waals surface area contributed by atoms with Gasteiger partial charge in [0.25, 0.3) is 0 Å². The maximum atomic E-state index is 6.52. The van der Waals surface area contributed by atoms with E-state index < -0.39 is 8.32 Å². The van der Waals surface area contributed by atoms with Crippen molar-refractivity contribution in [1.29, 1.82) is 0 Å². The summed E-state index contributed by atoms with van der Waals surface area (Å²) in [5, 5.41) is 0. The van der Waals surface area contributed by atoms with Gasteiger partial charge in [0, 0.05) is 6.42 Å². The molecule has 0 spiro atoms. The molecule has 0 heterocycles. The maximum absolute atomic E-state index is 6.52. The molecule has 0 saturated carbocycles. The summed E-state index contributed by atoms with van der Waals surface area (Å²) in [5.74, 6) is 1.27. The molecule has 0 fully saturated rings. The SMILES string of the molecule is C=CCOC1CCC=C(O[Si](CC)(CC)CC)CCC1. The molecule has 1 aliphatic rings. The molecule has 0 aromatic carbocycles. The van der Waals surface area contributed by atoms with E-state index in [2.05, 4.69) is 33.4 Å². The fraction of sp³-hybridized carbons (Fsp3) is 0.765. The van der Waals surface area contributed by atoms with Crippen LogP contribution in [0.4, 0.5) is 0 Å². The molecule has 1 atom stereocenters. The van der Waals surface area contributed by atoms with Gasteiger partial charge in [0.2, 0.25) is 8.32 Å². The van der Waals surface area contributed by atoms with Gasteiger partial charge >= 0.3 is 0 Å². The van der Waals surface area contributed by atoms with Crippen LogP contribution in [0.2, 0.25) is 18.1 Å². The normalized spacial score (nSPS) is 20.8. The highest BCUT2D eigenvalue weighted by Gasteiger charge is 2.31. The summed E-state index contributed by atoms with van der Waals surface area (Å²) < 4.78 is 12.3. The second-order valence-electron chi connectivity index (χ2n) is 5.73. The first-order valence-corrected chi connectivity index (χ1v) is 10.8. The average Bonchev–Trinajstić information content (AvgIpc) is 2.46. The van der Waals surface area contributed by atoms with E-state index in [0.717, 1.165) is 25.7 Å². The molecule has 0 aromatic rings. The Hall–Kier alpha value is -0.543. The third-order valence-electron chi connectivity index (χ3n) is 4.54. The average molecular weight is 297 g/mol. The van der Waals surface area contributed by atoms with E-state index in [9.17, 15) is 0 Å². The van der Waals surface area contributed by atoms with Crippen molar-refractivity contribution >= 4 is 8.32 Å². The first-order chi connectivity index (χ1) is 9.69. The van der Waals surface area contributed by atoms with Gasteiger partial charge in [-0.1, -0.05) is 26.8 Å². The van der Waals surface area contributed by atoms with Crippen LogP contribution in [0.5, 0.6) is 0 Å². The Morgan fingerprint density at radius 3 is 2.55 bits per heavy atom. The molecule has 0 saturated heterocycles. The van der Waals surface area contributed by atoms with Crippen molar-refractivity contribution in [3.8, 4) is 0 Å². The van der Waals surface area contributed by atoms with E-state index in [0.29, 0.717) is 12.7 Å². The van der Waals surface area contributed by atoms with E-state index in [1.807, 2.05) is 6.08 Å². The van der Waals surface area contributed by atoms with Crippen LogP contribution >= 0.6 is 0 Å². The molecule has 0 aliphatic heterocycles. The summed E-state index contributed by atoms with van der Waals surface area (Å²) in [7, 11) is -1.49. The minimum atomic E-state index is -1.49. The summed E-state index contributed by atoms with van der Waals surface area (Å²) >= 11 is 0. The van der Waals surface area contributed by atoms with Crippen LogP contribution in [-0.2, 0) is 9.16 Å². The molecule has 116 valence electrons. The van der Waals surface area contributed by atoms with Crippen LogP contribution in [0.3, 0.4) is 0 Å². The first-order valence-electron chi connectivity index (χ1n) is 8.30. The number of rotatable bonds is 8. The van der Waals surface area contributed by atoms with Gasteiger partial charge in [-0.05, 0) is 49.9 Å². The Balaban J connectivity index is 2.54. The molecular weight excluding hydrogens is 264 g/mol. The van der Waals surface area contributed by atoms with Crippen LogP contribution in [-0.4, -0.2) is 21.0 Å². The molecule has 3 heteroatoms. The largest absolute Gasteiger partial charge is 0.547 e. The molecule has 0 N–H and O–H groups in total. The molecule has 0 radical (unpaired) electrons. The number of allylic oxidation sites excluding steroid dienone is 2. The third-order valence-corrected chi connectivity index (χ3v) is 9.10. The minimum Gasteiger partial charge on any atom is -0.547 e. The molecule has 0 amide bonds. The van der Waals surface area contributed by atoms with Crippen molar-refractivity contribution < 1.29 is 9.16 Å². The fourth-order valence-corrected chi connectivity index (χ4v) is 5.56. The van der Waals surface area contributed by atoms with Crippen LogP contribution in [0, 0.1) is 0 Å². The van der Waals surface area contributed by atoms with Gasteiger partial charge in [0.05, 0.1) is 18.5 Å². The smallest absolute Gasteiger partial charge is 0.250 e. The Labute approximate surface area is 126 Å². The van der Waals surface area contributed by atoms with E-state index in [1.54, 1.807) is 0 Å². The maximum Gasteiger partial charge on any atom is 0.250 e. The first kappa shape index (κ1) is 17.5. The predicted octanol–water partition coefficient (Wildman–Crippen LogP) is 5.43. The molecule has 1 aliphatic carbocycles. The van der Waals surface area contributed by atoms with Crippen LogP contribution < -0.4 is 0 Å². The van der Waals surface area contributed by atoms with Gasteiger partial charge in [-0.3, -0.25) is 0 Å². The highest BCUT2D eigenvalue weighted by molar-refractivity contribution is 6.73. The van der Waals surface area contributed by atoms with Crippen molar-refractivity contribution in [2.45, 2.75) is 77.1 Å². The van der Waals surface area contributed by atoms with E-state index in [-0.39, 0.29) is 0 Å². The van der Waals surface area contributed by atoms with E-state index >= 15 is 0 Å². The van der Waals surface area contributed by atoms with Crippen molar-refractivity contribution in [2.75, 3.05) is 6.61 Å². The topological polar surface area (TPSA) is 18.5 Å². The van der Waals surface area contributed by atoms with Gasteiger partial charge in [0.1, 0.15) is 0 Å². The second kappa shape index (κ2) is 9.40. The van der Waals surface area contributed by atoms with Gasteiger partial charge in [-0.2, -0.15) is 0 Å². The fourth-order valence-electron chi connectivity index (χ4n) is 2.89. The highest BCUT2D eigenvalue weighted by atomic mass is 28.4. The standard InChI is InChI=1S/C17H32O2Si/c1-5-15-18-16-11-9-13-17(14-10-12-16)19-20(6-2,7-3)8-4/h5,13,16H,1,6-12,14-15H2,2-4H3. The van der Waals surface area contributed by atoms with Gasteiger partial charge in [-0.15, -0.1) is 6.58 Å². The molecule has 0 aromatic heterocycles. The Morgan fingerprint density at radius 2 is 1.95 bits per heavy atom. The zero-order valence-electron chi connectivity index (χ0n) is 13.6. The Kier molecular flexibility index (Phi) is 8.23. The summed E-state index contributed by atoms with van der Waals surface area (Å²) in [6, 6.07) is 3.67. The second-order valence-corrected chi connectivity index (χ2v) is 10.4. The Bertz CT molecular complexity index is 300. The van der Waals surface area contributed by atoms with Crippen LogP contribution in [0.25, 0.3) is 0 Å². The van der Waals surface area contributed by atoms with Gasteiger partial charge in [0.15, 0.2) is 0 Å². The van der Waals surface area contributed by atoms with Crippen LogP contribution in [0.1, 0.15) is 52.9 Å². The lowest BCUT2D eigenvalue weighted by atomic mass is 10.0. The monoisotopic (exact) mass is 296 g/mol. The zero-order chi connectivity index (χ0) is 14.8. The molecule has 0 bridgehead atoms. The zero-order valence-corrected chi connectivity index (χ0v) is 14.6. The lowest BCUT2D eigenvalue weighted by molar-refractivity contribution is 0.0589. The van der Waals surface area contributed by atoms with Gasteiger partial charge < -0.3 is 9.16 Å². The molecule has 20 heavy (non-hydrogen) atoms. The molecular formula is C17H32O2Si.